The Kier molecular flexibility index (Phi) is 3.57. The van der Waals surface area contributed by atoms with Crippen molar-refractivity contribution in [3.63, 3.8) is 0 Å². The summed E-state index contributed by atoms with van der Waals surface area (Å²) in [6, 6.07) is 0. The molecule has 21 heavy (non-hydrogen) atoms. The summed E-state index contributed by atoms with van der Waals surface area (Å²) in [5.74, 6) is 1.75. The quantitative estimate of drug-likeness (QED) is 0.835. The first-order valence-corrected chi connectivity index (χ1v) is 9.08. The van der Waals surface area contributed by atoms with Gasteiger partial charge in [0.2, 0.25) is 5.88 Å². The van der Waals surface area contributed by atoms with Gasteiger partial charge >= 0.3 is 0 Å². The highest BCUT2D eigenvalue weighted by Gasteiger charge is 2.25. The summed E-state index contributed by atoms with van der Waals surface area (Å²) in [4.78, 5) is 11.5. The summed E-state index contributed by atoms with van der Waals surface area (Å²) in [6.45, 7) is 2.30. The summed E-state index contributed by atoms with van der Waals surface area (Å²) in [5, 5.41) is 1.22. The molecule has 2 aromatic rings. The van der Waals surface area contributed by atoms with Gasteiger partial charge in [0.25, 0.3) is 0 Å². The topological polar surface area (TPSA) is 35.0 Å². The number of hydrogen-bond acceptors (Lipinski definition) is 4. The average Bonchev–Trinajstić information content (AvgIpc) is 3.09. The Morgan fingerprint density at radius 3 is 2.86 bits per heavy atom. The van der Waals surface area contributed by atoms with E-state index in [0.29, 0.717) is 6.10 Å². The normalized spacial score (nSPS) is 25.2. The lowest BCUT2D eigenvalue weighted by Crippen LogP contribution is -2.24. The molecule has 0 unspecified atom stereocenters. The van der Waals surface area contributed by atoms with Gasteiger partial charge in [-0.25, -0.2) is 9.97 Å². The van der Waals surface area contributed by atoms with Crippen molar-refractivity contribution in [3.8, 4) is 5.88 Å². The van der Waals surface area contributed by atoms with Crippen molar-refractivity contribution >= 4 is 21.6 Å². The summed E-state index contributed by atoms with van der Waals surface area (Å²) in [6.07, 6.45) is 11.9. The molecule has 0 aliphatic heterocycles. The smallest absolute Gasteiger partial charge is 0.225 e. The van der Waals surface area contributed by atoms with Crippen molar-refractivity contribution in [3.05, 3.63) is 16.8 Å². The molecule has 0 N–H and O–H groups in total. The van der Waals surface area contributed by atoms with Gasteiger partial charge in [-0.15, -0.1) is 11.3 Å². The standard InChI is InChI=1S/C17H22N2OS/c1-2-11-6-8-12(9-7-11)20-16-15-13-4-3-5-14(13)21-17(15)19-10-18-16/h10-12H,2-9H2,1H3. The van der Waals surface area contributed by atoms with Crippen LogP contribution < -0.4 is 4.74 Å². The zero-order valence-corrected chi connectivity index (χ0v) is 13.4. The maximum Gasteiger partial charge on any atom is 0.225 e. The van der Waals surface area contributed by atoms with E-state index in [1.54, 1.807) is 6.33 Å². The number of aromatic nitrogens is 2. The van der Waals surface area contributed by atoms with E-state index >= 15 is 0 Å². The van der Waals surface area contributed by atoms with Crippen LogP contribution in [0.5, 0.6) is 5.88 Å². The van der Waals surface area contributed by atoms with E-state index in [4.69, 9.17) is 4.74 Å². The molecule has 2 aliphatic rings. The fraction of sp³-hybridized carbons (Fsp3) is 0.647. The van der Waals surface area contributed by atoms with Crippen LogP contribution in [-0.4, -0.2) is 16.1 Å². The van der Waals surface area contributed by atoms with E-state index in [-0.39, 0.29) is 0 Å². The van der Waals surface area contributed by atoms with Crippen LogP contribution in [0.25, 0.3) is 10.2 Å². The van der Waals surface area contributed by atoms with E-state index in [9.17, 15) is 0 Å². The van der Waals surface area contributed by atoms with Crippen molar-refractivity contribution in [2.45, 2.75) is 64.4 Å². The fourth-order valence-corrected chi connectivity index (χ4v) is 5.02. The van der Waals surface area contributed by atoms with Gasteiger partial charge in [0.1, 0.15) is 17.3 Å². The summed E-state index contributed by atoms with van der Waals surface area (Å²) < 4.78 is 6.30. The second-order valence-corrected chi connectivity index (χ2v) is 7.47. The van der Waals surface area contributed by atoms with E-state index in [0.717, 1.165) is 16.6 Å². The zero-order chi connectivity index (χ0) is 14.2. The van der Waals surface area contributed by atoms with Crippen LogP contribution in [0.15, 0.2) is 6.33 Å². The van der Waals surface area contributed by atoms with Gasteiger partial charge in [0, 0.05) is 4.88 Å². The SMILES string of the molecule is CCC1CCC(Oc2ncnc3sc4c(c23)CCC4)CC1. The van der Waals surface area contributed by atoms with Crippen LogP contribution in [0.4, 0.5) is 0 Å². The minimum absolute atomic E-state index is 0.350. The monoisotopic (exact) mass is 302 g/mol. The summed E-state index contributed by atoms with van der Waals surface area (Å²) >= 11 is 1.84. The van der Waals surface area contributed by atoms with Gasteiger partial charge < -0.3 is 4.74 Å². The number of rotatable bonds is 3. The molecule has 4 rings (SSSR count). The molecule has 112 valence electrons. The molecule has 0 amide bonds. The second kappa shape index (κ2) is 5.56. The Labute approximate surface area is 129 Å². The Hall–Kier alpha value is -1.16. The number of thiophene rings is 1. The van der Waals surface area contributed by atoms with Gasteiger partial charge in [-0.05, 0) is 56.4 Å². The number of fused-ring (bicyclic) bond motifs is 3. The third kappa shape index (κ3) is 2.44. The highest BCUT2D eigenvalue weighted by Crippen LogP contribution is 2.40. The molecular weight excluding hydrogens is 280 g/mol. The first kappa shape index (κ1) is 13.5. The summed E-state index contributed by atoms with van der Waals surface area (Å²) in [7, 11) is 0. The fourth-order valence-electron chi connectivity index (χ4n) is 3.80. The molecule has 2 aromatic heterocycles. The van der Waals surface area contributed by atoms with Crippen LogP contribution >= 0.6 is 11.3 Å². The van der Waals surface area contributed by atoms with Gasteiger partial charge in [0.05, 0.1) is 5.39 Å². The van der Waals surface area contributed by atoms with E-state index in [1.807, 2.05) is 11.3 Å². The van der Waals surface area contributed by atoms with Crippen molar-refractivity contribution in [1.82, 2.24) is 9.97 Å². The van der Waals surface area contributed by atoms with Gasteiger partial charge in [-0.2, -0.15) is 0 Å². The third-order valence-corrected chi connectivity index (χ3v) is 6.32. The molecule has 1 fully saturated rings. The first-order valence-electron chi connectivity index (χ1n) is 8.27. The van der Waals surface area contributed by atoms with Crippen LogP contribution in [0.1, 0.15) is 55.9 Å². The Morgan fingerprint density at radius 2 is 2.05 bits per heavy atom. The molecule has 0 spiro atoms. The Balaban J connectivity index is 1.59. The predicted octanol–water partition coefficient (Wildman–Crippen LogP) is 4.53. The number of ether oxygens (including phenoxy) is 1. The molecule has 0 atom stereocenters. The number of nitrogens with zero attached hydrogens (tertiary/aromatic N) is 2. The second-order valence-electron chi connectivity index (χ2n) is 6.39. The molecule has 0 saturated heterocycles. The van der Waals surface area contributed by atoms with E-state index < -0.39 is 0 Å². The predicted molar refractivity (Wildman–Crippen MR) is 86.1 cm³/mol. The maximum atomic E-state index is 6.30. The molecular formula is C17H22N2OS. The lowest BCUT2D eigenvalue weighted by molar-refractivity contribution is 0.126. The molecule has 0 aromatic carbocycles. The van der Waals surface area contributed by atoms with Crippen molar-refractivity contribution in [2.75, 3.05) is 0 Å². The van der Waals surface area contributed by atoms with Crippen LogP contribution in [0, 0.1) is 5.92 Å². The first-order chi connectivity index (χ1) is 10.3. The lowest BCUT2D eigenvalue weighted by atomic mass is 9.86. The average molecular weight is 302 g/mol. The molecule has 0 radical (unpaired) electrons. The maximum absolute atomic E-state index is 6.30. The van der Waals surface area contributed by atoms with Crippen molar-refractivity contribution in [1.29, 1.82) is 0 Å². The molecule has 2 aliphatic carbocycles. The van der Waals surface area contributed by atoms with E-state index in [1.165, 1.54) is 67.2 Å². The highest BCUT2D eigenvalue weighted by atomic mass is 32.1. The molecule has 1 saturated carbocycles. The third-order valence-electron chi connectivity index (χ3n) is 5.12. The summed E-state index contributed by atoms with van der Waals surface area (Å²) in [5.41, 5.74) is 1.47. The van der Waals surface area contributed by atoms with Crippen molar-refractivity contribution < 1.29 is 4.74 Å². The van der Waals surface area contributed by atoms with Crippen LogP contribution in [-0.2, 0) is 12.8 Å². The Bertz CT molecular complexity index is 644. The van der Waals surface area contributed by atoms with Crippen LogP contribution in [0.2, 0.25) is 0 Å². The van der Waals surface area contributed by atoms with Crippen LogP contribution in [0.3, 0.4) is 0 Å². The van der Waals surface area contributed by atoms with Gasteiger partial charge in [-0.1, -0.05) is 13.3 Å². The molecule has 3 nitrogen and oxygen atoms in total. The van der Waals surface area contributed by atoms with Gasteiger partial charge in [-0.3, -0.25) is 0 Å². The highest BCUT2D eigenvalue weighted by molar-refractivity contribution is 7.18. The molecule has 2 heterocycles. The van der Waals surface area contributed by atoms with E-state index in [2.05, 4.69) is 16.9 Å². The largest absolute Gasteiger partial charge is 0.474 e. The van der Waals surface area contributed by atoms with Gasteiger partial charge in [0.15, 0.2) is 0 Å². The Morgan fingerprint density at radius 1 is 1.19 bits per heavy atom. The minimum atomic E-state index is 0.350. The molecule has 4 heteroatoms. The number of hydrogen-bond donors (Lipinski definition) is 0. The number of aryl methyl sites for hydroxylation is 2. The zero-order valence-electron chi connectivity index (χ0n) is 12.6. The lowest BCUT2D eigenvalue weighted by Gasteiger charge is -2.28. The minimum Gasteiger partial charge on any atom is -0.474 e. The molecule has 0 bridgehead atoms. The van der Waals surface area contributed by atoms with Crippen molar-refractivity contribution in [2.24, 2.45) is 5.92 Å².